The zero-order chi connectivity index (χ0) is 41.1. The lowest BCUT2D eigenvalue weighted by atomic mass is 9.65. The molecule has 1 spiro atoms. The molecular formula is C60H46N2. The first-order chi connectivity index (χ1) is 30.7. The number of hydrogen-bond acceptors (Lipinski definition) is 1. The molecule has 62 heavy (non-hydrogen) atoms. The minimum Gasteiger partial charge on any atom is -0.310 e. The summed E-state index contributed by atoms with van der Waals surface area (Å²) in [6.45, 7) is 0. The van der Waals surface area contributed by atoms with Crippen LogP contribution in [0.4, 0.5) is 17.1 Å². The van der Waals surface area contributed by atoms with Crippen LogP contribution in [-0.4, -0.2) is 4.57 Å². The van der Waals surface area contributed by atoms with E-state index in [9.17, 15) is 0 Å². The van der Waals surface area contributed by atoms with Gasteiger partial charge >= 0.3 is 0 Å². The van der Waals surface area contributed by atoms with Crippen molar-refractivity contribution < 1.29 is 0 Å². The van der Waals surface area contributed by atoms with Crippen LogP contribution in [0.2, 0.25) is 0 Å². The Morgan fingerprint density at radius 2 is 0.855 bits per heavy atom. The van der Waals surface area contributed by atoms with Crippen LogP contribution in [0.1, 0.15) is 59.1 Å². The molecule has 0 radical (unpaired) electrons. The van der Waals surface area contributed by atoms with E-state index in [0.29, 0.717) is 0 Å². The standard InChI is InChI=1S/C60H46N2/c1-5-19-43(20-6-1)60(44-21-7-2-8-22-44,45-23-9-3-10-24-45)46-31-33-48(34-32-46)61(49-35-37-52-51-27-13-15-29-55(51)59(56(52)41-49)39-17-18-40-59)50-36-38-54-53-28-14-16-30-57(53)62(58(54)42-50)47-25-11-4-12-26-47/h1-16,19-38,41-42H,17-18,39-40H2. The van der Waals surface area contributed by atoms with Gasteiger partial charge in [-0.2, -0.15) is 0 Å². The topological polar surface area (TPSA) is 8.17 Å². The second-order valence-electron chi connectivity index (χ2n) is 17.2. The molecule has 1 saturated carbocycles. The molecule has 2 nitrogen and oxygen atoms in total. The van der Waals surface area contributed by atoms with Crippen LogP contribution in [0.5, 0.6) is 0 Å². The van der Waals surface area contributed by atoms with Gasteiger partial charge < -0.3 is 9.47 Å². The highest BCUT2D eigenvalue weighted by Gasteiger charge is 2.45. The van der Waals surface area contributed by atoms with Crippen LogP contribution in [0.25, 0.3) is 38.6 Å². The molecule has 2 aliphatic rings. The number of aromatic nitrogens is 1. The summed E-state index contributed by atoms with van der Waals surface area (Å²) < 4.78 is 2.43. The van der Waals surface area contributed by atoms with Crippen LogP contribution in [-0.2, 0) is 10.8 Å². The molecule has 2 heteroatoms. The molecule has 0 saturated heterocycles. The highest BCUT2D eigenvalue weighted by atomic mass is 15.1. The van der Waals surface area contributed by atoms with Crippen molar-refractivity contribution >= 4 is 38.9 Å². The van der Waals surface area contributed by atoms with Crippen molar-refractivity contribution in [1.29, 1.82) is 0 Å². The van der Waals surface area contributed by atoms with Crippen LogP contribution in [0.3, 0.4) is 0 Å². The van der Waals surface area contributed by atoms with Gasteiger partial charge in [0.15, 0.2) is 0 Å². The number of para-hydroxylation sites is 2. The highest BCUT2D eigenvalue weighted by Crippen LogP contribution is 2.58. The SMILES string of the molecule is c1ccc(-n2c3ccccc3c3ccc(N(c4ccc(C(c5ccccc5)(c5ccccc5)c5ccccc5)cc4)c4ccc5c(c4)C4(CCCC4)c4ccccc4-5)cc32)cc1. The number of anilines is 3. The maximum atomic E-state index is 2.54. The Morgan fingerprint density at radius 1 is 0.371 bits per heavy atom. The molecule has 0 bridgehead atoms. The minimum atomic E-state index is -0.531. The Labute approximate surface area is 364 Å². The van der Waals surface area contributed by atoms with Gasteiger partial charge in [0.2, 0.25) is 0 Å². The van der Waals surface area contributed by atoms with Crippen LogP contribution in [0.15, 0.2) is 231 Å². The summed E-state index contributed by atoms with van der Waals surface area (Å²) in [5, 5.41) is 2.50. The van der Waals surface area contributed by atoms with Crippen molar-refractivity contribution in [1.82, 2.24) is 4.57 Å². The average molecular weight is 795 g/mol. The number of nitrogens with zero attached hydrogens (tertiary/aromatic N) is 2. The summed E-state index contributed by atoms with van der Waals surface area (Å²) in [5.74, 6) is 0. The lowest BCUT2D eigenvalue weighted by Gasteiger charge is -2.37. The first-order valence-corrected chi connectivity index (χ1v) is 22.1. The molecule has 0 N–H and O–H groups in total. The van der Waals surface area contributed by atoms with E-state index in [1.807, 2.05) is 0 Å². The molecule has 1 heterocycles. The van der Waals surface area contributed by atoms with E-state index in [-0.39, 0.29) is 5.41 Å². The zero-order valence-corrected chi connectivity index (χ0v) is 34.7. The van der Waals surface area contributed by atoms with Crippen LogP contribution < -0.4 is 4.90 Å². The number of hydrogen-bond donors (Lipinski definition) is 0. The van der Waals surface area contributed by atoms with E-state index >= 15 is 0 Å². The fraction of sp³-hybridized carbons (Fsp3) is 0.100. The Hall–Kier alpha value is -7.42. The molecule has 2 aliphatic carbocycles. The second-order valence-corrected chi connectivity index (χ2v) is 17.2. The molecule has 0 amide bonds. The monoisotopic (exact) mass is 794 g/mol. The summed E-state index contributed by atoms with van der Waals surface area (Å²) in [6.07, 6.45) is 4.91. The lowest BCUT2D eigenvalue weighted by Crippen LogP contribution is -2.31. The lowest BCUT2D eigenvalue weighted by molar-refractivity contribution is 0.550. The maximum Gasteiger partial charge on any atom is 0.0701 e. The second kappa shape index (κ2) is 14.6. The molecule has 12 rings (SSSR count). The quantitative estimate of drug-likeness (QED) is 0.139. The van der Waals surface area contributed by atoms with Crippen LogP contribution >= 0.6 is 0 Å². The van der Waals surface area contributed by atoms with E-state index in [1.165, 1.54) is 97.7 Å². The molecule has 10 aromatic rings. The molecule has 9 aromatic carbocycles. The summed E-state index contributed by atoms with van der Waals surface area (Å²) >= 11 is 0. The fourth-order valence-corrected chi connectivity index (χ4v) is 11.4. The van der Waals surface area contributed by atoms with Gasteiger partial charge in [-0.3, -0.25) is 0 Å². The third-order valence-corrected chi connectivity index (χ3v) is 14.1. The third kappa shape index (κ3) is 5.49. The van der Waals surface area contributed by atoms with Gasteiger partial charge in [-0.15, -0.1) is 0 Å². The van der Waals surface area contributed by atoms with E-state index < -0.39 is 5.41 Å². The first-order valence-electron chi connectivity index (χ1n) is 22.1. The van der Waals surface area contributed by atoms with Gasteiger partial charge in [0.05, 0.1) is 16.4 Å². The van der Waals surface area contributed by atoms with Gasteiger partial charge in [0.1, 0.15) is 0 Å². The van der Waals surface area contributed by atoms with Crippen molar-refractivity contribution in [2.75, 3.05) is 4.90 Å². The molecule has 0 unspecified atom stereocenters. The summed E-state index contributed by atoms with van der Waals surface area (Å²) in [5.41, 5.74) is 17.2. The summed E-state index contributed by atoms with van der Waals surface area (Å²) in [6, 6.07) is 85.6. The van der Waals surface area contributed by atoms with Crippen molar-refractivity contribution in [3.63, 3.8) is 0 Å². The molecule has 1 fully saturated rings. The number of fused-ring (bicyclic) bond motifs is 8. The van der Waals surface area contributed by atoms with Crippen molar-refractivity contribution in [3.8, 4) is 16.8 Å². The first kappa shape index (κ1) is 36.4. The number of benzene rings is 9. The Bertz CT molecular complexity index is 3120. The number of rotatable bonds is 8. The average Bonchev–Trinajstić information content (AvgIpc) is 4.05. The Balaban J connectivity index is 1.09. The zero-order valence-electron chi connectivity index (χ0n) is 34.7. The van der Waals surface area contributed by atoms with Gasteiger partial charge in [-0.1, -0.05) is 189 Å². The summed E-state index contributed by atoms with van der Waals surface area (Å²) in [4.78, 5) is 2.50. The van der Waals surface area contributed by atoms with Crippen LogP contribution in [0, 0.1) is 0 Å². The molecular weight excluding hydrogens is 749 g/mol. The fourth-order valence-electron chi connectivity index (χ4n) is 11.4. The minimum absolute atomic E-state index is 0.0573. The Kier molecular flexibility index (Phi) is 8.60. The molecule has 296 valence electrons. The van der Waals surface area contributed by atoms with E-state index in [0.717, 1.165) is 17.1 Å². The van der Waals surface area contributed by atoms with Gasteiger partial charge in [-0.25, -0.2) is 0 Å². The molecule has 0 aliphatic heterocycles. The molecule has 1 aromatic heterocycles. The Morgan fingerprint density at radius 3 is 1.52 bits per heavy atom. The van der Waals surface area contributed by atoms with Gasteiger partial charge in [0, 0.05) is 38.9 Å². The van der Waals surface area contributed by atoms with E-state index in [2.05, 4.69) is 240 Å². The molecule has 0 atom stereocenters. The largest absolute Gasteiger partial charge is 0.310 e. The smallest absolute Gasteiger partial charge is 0.0701 e. The predicted octanol–water partition coefficient (Wildman–Crippen LogP) is 15.5. The van der Waals surface area contributed by atoms with E-state index in [1.54, 1.807) is 0 Å². The maximum absolute atomic E-state index is 2.54. The summed E-state index contributed by atoms with van der Waals surface area (Å²) in [7, 11) is 0. The van der Waals surface area contributed by atoms with Gasteiger partial charge in [-0.05, 0) is 112 Å². The van der Waals surface area contributed by atoms with Crippen molar-refractivity contribution in [3.05, 3.63) is 264 Å². The van der Waals surface area contributed by atoms with E-state index in [4.69, 9.17) is 0 Å². The van der Waals surface area contributed by atoms with Gasteiger partial charge in [0.25, 0.3) is 0 Å². The van der Waals surface area contributed by atoms with Crippen molar-refractivity contribution in [2.45, 2.75) is 36.5 Å². The highest BCUT2D eigenvalue weighted by molar-refractivity contribution is 6.10. The van der Waals surface area contributed by atoms with Crippen molar-refractivity contribution in [2.24, 2.45) is 0 Å². The third-order valence-electron chi connectivity index (χ3n) is 14.1. The predicted molar refractivity (Wildman–Crippen MR) is 258 cm³/mol. The normalized spacial score (nSPS) is 14.0.